The summed E-state index contributed by atoms with van der Waals surface area (Å²) in [5.74, 6) is 5.66. The number of carbonyl (C=O) groups is 1. The summed E-state index contributed by atoms with van der Waals surface area (Å²) in [6.07, 6.45) is 12.6. The molecule has 2 nitrogen and oxygen atoms in total. The van der Waals surface area contributed by atoms with Gasteiger partial charge in [0.05, 0.1) is 5.41 Å². The Morgan fingerprint density at radius 2 is 1.67 bits per heavy atom. The van der Waals surface area contributed by atoms with E-state index in [4.69, 9.17) is 4.74 Å². The van der Waals surface area contributed by atoms with E-state index < -0.39 is 5.41 Å². The van der Waals surface area contributed by atoms with Crippen molar-refractivity contribution >= 4 is 5.97 Å². The third-order valence-corrected chi connectivity index (χ3v) is 10.0. The minimum atomic E-state index is -0.397. The van der Waals surface area contributed by atoms with Crippen LogP contribution in [0.5, 0.6) is 0 Å². The van der Waals surface area contributed by atoms with Gasteiger partial charge in [0.2, 0.25) is 0 Å². The van der Waals surface area contributed by atoms with Gasteiger partial charge in [0.1, 0.15) is 5.60 Å². The lowest BCUT2D eigenvalue weighted by molar-refractivity contribution is -0.189. The molecule has 2 heteroatoms. The van der Waals surface area contributed by atoms with Gasteiger partial charge < -0.3 is 4.74 Å². The first-order chi connectivity index (χ1) is 14.0. The van der Waals surface area contributed by atoms with Gasteiger partial charge in [-0.3, -0.25) is 4.79 Å². The molecule has 0 aromatic rings. The van der Waals surface area contributed by atoms with Crippen LogP contribution < -0.4 is 0 Å². The second-order valence-electron chi connectivity index (χ2n) is 13.5. The Balaban J connectivity index is 1.58. The Labute approximate surface area is 186 Å². The molecule has 0 heterocycles. The number of fused-ring (bicyclic) bond motifs is 9. The molecule has 4 aliphatic carbocycles. The lowest BCUT2D eigenvalue weighted by Crippen LogP contribution is -2.51. The highest BCUT2D eigenvalue weighted by atomic mass is 16.6. The fourth-order valence-corrected chi connectivity index (χ4v) is 8.74. The smallest absolute Gasteiger partial charge is 0.312 e. The highest BCUT2D eigenvalue weighted by Gasteiger charge is 2.68. The molecule has 0 amide bonds. The van der Waals surface area contributed by atoms with Crippen LogP contribution in [0.1, 0.15) is 113 Å². The van der Waals surface area contributed by atoms with Gasteiger partial charge in [-0.25, -0.2) is 0 Å². The monoisotopic (exact) mass is 416 g/mol. The lowest BCUT2D eigenvalue weighted by Gasteiger charge is -2.48. The largest absolute Gasteiger partial charge is 0.458 e. The molecule has 0 aromatic heterocycles. The molecule has 4 saturated carbocycles. The van der Waals surface area contributed by atoms with Crippen molar-refractivity contribution in [2.75, 3.05) is 0 Å². The van der Waals surface area contributed by atoms with Crippen LogP contribution in [0, 0.1) is 52.3 Å². The first kappa shape index (κ1) is 22.7. The zero-order chi connectivity index (χ0) is 21.9. The predicted molar refractivity (Wildman–Crippen MR) is 124 cm³/mol. The molecule has 0 aliphatic heterocycles. The SMILES string of the molecule is CCCCCC1(OC(=O)C(C)(CC(C)(C)C)C(C)C)CC2CC1C1C3CCC(C3)C21. The minimum Gasteiger partial charge on any atom is -0.458 e. The van der Waals surface area contributed by atoms with E-state index in [1.165, 1.54) is 51.4 Å². The van der Waals surface area contributed by atoms with E-state index >= 15 is 0 Å². The molecule has 4 aliphatic rings. The highest BCUT2D eigenvalue weighted by Crippen LogP contribution is 2.71. The molecule has 0 spiro atoms. The van der Waals surface area contributed by atoms with Crippen LogP contribution in [-0.4, -0.2) is 11.6 Å². The maximum Gasteiger partial charge on any atom is 0.312 e. The molecule has 0 saturated heterocycles. The fraction of sp³-hybridized carbons (Fsp3) is 0.964. The zero-order valence-corrected chi connectivity index (χ0v) is 20.9. The average molecular weight is 417 g/mol. The van der Waals surface area contributed by atoms with E-state index in [2.05, 4.69) is 48.5 Å². The standard InChI is InChI=1S/C28H48O2/c1-8-9-10-13-28(30-25(29)27(7,18(2)3)17-26(4,5)6)16-21-15-22(28)24-20-12-11-19(14-20)23(21)24/h18-24H,8-17H2,1-7H3. The van der Waals surface area contributed by atoms with Crippen LogP contribution >= 0.6 is 0 Å². The molecule has 8 unspecified atom stereocenters. The molecule has 4 bridgehead atoms. The van der Waals surface area contributed by atoms with E-state index in [9.17, 15) is 4.79 Å². The molecular formula is C28H48O2. The van der Waals surface area contributed by atoms with Gasteiger partial charge in [0.15, 0.2) is 0 Å². The Hall–Kier alpha value is -0.530. The average Bonchev–Trinajstić information content (AvgIpc) is 3.39. The van der Waals surface area contributed by atoms with Gasteiger partial charge in [-0.1, -0.05) is 54.4 Å². The summed E-state index contributed by atoms with van der Waals surface area (Å²) < 4.78 is 6.83. The van der Waals surface area contributed by atoms with Crippen molar-refractivity contribution in [1.82, 2.24) is 0 Å². The Bertz CT molecular complexity index is 646. The van der Waals surface area contributed by atoms with Gasteiger partial charge in [-0.2, -0.15) is 0 Å². The van der Waals surface area contributed by atoms with Crippen molar-refractivity contribution in [3.8, 4) is 0 Å². The Morgan fingerprint density at radius 1 is 1.00 bits per heavy atom. The van der Waals surface area contributed by atoms with Crippen molar-refractivity contribution in [2.45, 2.75) is 118 Å². The normalized spacial score (nSPS) is 41.3. The molecule has 4 rings (SSSR count). The molecule has 4 fully saturated rings. The first-order valence-corrected chi connectivity index (χ1v) is 13.2. The highest BCUT2D eigenvalue weighted by molar-refractivity contribution is 5.77. The van der Waals surface area contributed by atoms with E-state index in [0.29, 0.717) is 11.8 Å². The minimum absolute atomic E-state index is 0.108. The number of hydrogen-bond acceptors (Lipinski definition) is 2. The van der Waals surface area contributed by atoms with Gasteiger partial charge in [0.25, 0.3) is 0 Å². The zero-order valence-electron chi connectivity index (χ0n) is 20.9. The molecule has 30 heavy (non-hydrogen) atoms. The second-order valence-corrected chi connectivity index (χ2v) is 13.5. The van der Waals surface area contributed by atoms with Crippen LogP contribution in [-0.2, 0) is 9.53 Å². The Morgan fingerprint density at radius 3 is 2.27 bits per heavy atom. The number of ether oxygens (including phenoxy) is 1. The quantitative estimate of drug-likeness (QED) is 0.231. The topological polar surface area (TPSA) is 26.3 Å². The molecule has 8 atom stereocenters. The van der Waals surface area contributed by atoms with Gasteiger partial charge in [0, 0.05) is 5.92 Å². The van der Waals surface area contributed by atoms with Crippen LogP contribution in [0.2, 0.25) is 0 Å². The van der Waals surface area contributed by atoms with E-state index in [-0.39, 0.29) is 17.0 Å². The number of esters is 1. The van der Waals surface area contributed by atoms with Crippen molar-refractivity contribution in [2.24, 2.45) is 52.3 Å². The van der Waals surface area contributed by atoms with Gasteiger partial charge >= 0.3 is 5.97 Å². The van der Waals surface area contributed by atoms with Crippen LogP contribution in [0.25, 0.3) is 0 Å². The molecule has 0 radical (unpaired) electrons. The van der Waals surface area contributed by atoms with Gasteiger partial charge in [-0.05, 0) is 99.2 Å². The Kier molecular flexibility index (Phi) is 5.89. The summed E-state index contributed by atoms with van der Waals surface area (Å²) in [4.78, 5) is 13.9. The third-order valence-electron chi connectivity index (χ3n) is 10.0. The molecule has 172 valence electrons. The predicted octanol–water partition coefficient (Wildman–Crippen LogP) is 7.65. The number of unbranched alkanes of at least 4 members (excludes halogenated alkanes) is 2. The van der Waals surface area contributed by atoms with Crippen LogP contribution in [0.3, 0.4) is 0 Å². The summed E-state index contributed by atoms with van der Waals surface area (Å²) in [7, 11) is 0. The van der Waals surface area contributed by atoms with E-state index in [1.54, 1.807) is 0 Å². The van der Waals surface area contributed by atoms with Crippen molar-refractivity contribution in [3.05, 3.63) is 0 Å². The number of rotatable bonds is 8. The van der Waals surface area contributed by atoms with E-state index in [0.717, 1.165) is 42.4 Å². The van der Waals surface area contributed by atoms with Crippen molar-refractivity contribution < 1.29 is 9.53 Å². The second kappa shape index (κ2) is 7.80. The number of hydrogen-bond donors (Lipinski definition) is 0. The summed E-state index contributed by atoms with van der Waals surface area (Å²) in [5, 5.41) is 0. The summed E-state index contributed by atoms with van der Waals surface area (Å²) in [6, 6.07) is 0. The lowest BCUT2D eigenvalue weighted by atomic mass is 9.64. The van der Waals surface area contributed by atoms with Crippen molar-refractivity contribution in [3.63, 3.8) is 0 Å². The van der Waals surface area contributed by atoms with E-state index in [1.807, 2.05) is 0 Å². The van der Waals surface area contributed by atoms with Gasteiger partial charge in [-0.15, -0.1) is 0 Å². The maximum atomic E-state index is 13.9. The first-order valence-electron chi connectivity index (χ1n) is 13.2. The maximum absolute atomic E-state index is 13.9. The van der Waals surface area contributed by atoms with Crippen LogP contribution in [0.15, 0.2) is 0 Å². The fourth-order valence-electron chi connectivity index (χ4n) is 8.74. The molecular weight excluding hydrogens is 368 g/mol. The summed E-state index contributed by atoms with van der Waals surface area (Å²) in [6.45, 7) is 15.7. The van der Waals surface area contributed by atoms with Crippen LogP contribution in [0.4, 0.5) is 0 Å². The van der Waals surface area contributed by atoms with Crippen molar-refractivity contribution in [1.29, 1.82) is 0 Å². The number of carbonyl (C=O) groups excluding carboxylic acids is 1. The summed E-state index contributed by atoms with van der Waals surface area (Å²) in [5.41, 5.74) is -0.430. The third kappa shape index (κ3) is 3.66. The molecule has 0 N–H and O–H groups in total. The summed E-state index contributed by atoms with van der Waals surface area (Å²) >= 11 is 0. The molecule has 0 aromatic carbocycles.